The lowest BCUT2D eigenvalue weighted by Crippen LogP contribution is -2.58. The number of rotatable bonds is 2. The monoisotopic (exact) mass is 278 g/mol. The smallest absolute Gasteiger partial charge is 0.426 e. The molecule has 0 aliphatic carbocycles. The molecule has 0 bridgehead atoms. The molecular formula is C9H8F6O3. The first-order chi connectivity index (χ1) is 7.88. The van der Waals surface area contributed by atoms with Crippen LogP contribution in [0.15, 0.2) is 12.2 Å². The van der Waals surface area contributed by atoms with Crippen LogP contribution in [0.3, 0.4) is 0 Å². The molecule has 0 aromatic rings. The highest BCUT2D eigenvalue weighted by Crippen LogP contribution is 2.47. The summed E-state index contributed by atoms with van der Waals surface area (Å²) in [6.45, 7) is 3.12. The summed E-state index contributed by atoms with van der Waals surface area (Å²) in [4.78, 5) is 10.8. The van der Waals surface area contributed by atoms with Crippen LogP contribution in [0.1, 0.15) is 12.8 Å². The first kappa shape index (κ1) is 14.8. The predicted molar refractivity (Wildman–Crippen MR) is 45.3 cm³/mol. The first-order valence-corrected chi connectivity index (χ1v) is 4.63. The van der Waals surface area contributed by atoms with Gasteiger partial charge in [-0.1, -0.05) is 6.58 Å². The SMILES string of the molecule is C=C1CC(CC(O)(C(F)(F)F)C(F)(F)F)OC1=O. The van der Waals surface area contributed by atoms with Crippen molar-refractivity contribution in [3.63, 3.8) is 0 Å². The summed E-state index contributed by atoms with van der Waals surface area (Å²) in [6.07, 6.45) is -15.8. The number of hydrogen-bond donors (Lipinski definition) is 1. The quantitative estimate of drug-likeness (QED) is 0.478. The predicted octanol–water partition coefficient (Wildman–Crippen LogP) is 2.10. The third-order valence-electron chi connectivity index (χ3n) is 2.50. The number of halogens is 6. The van der Waals surface area contributed by atoms with E-state index in [0.29, 0.717) is 0 Å². The van der Waals surface area contributed by atoms with Gasteiger partial charge < -0.3 is 9.84 Å². The fourth-order valence-electron chi connectivity index (χ4n) is 1.47. The summed E-state index contributed by atoms with van der Waals surface area (Å²) in [6, 6.07) is 0. The van der Waals surface area contributed by atoms with Gasteiger partial charge in [-0.3, -0.25) is 0 Å². The zero-order chi connectivity index (χ0) is 14.4. The minimum Gasteiger partial charge on any atom is -0.459 e. The van der Waals surface area contributed by atoms with Gasteiger partial charge in [-0.25, -0.2) is 4.79 Å². The van der Waals surface area contributed by atoms with E-state index >= 15 is 0 Å². The molecule has 9 heteroatoms. The molecular weight excluding hydrogens is 270 g/mol. The summed E-state index contributed by atoms with van der Waals surface area (Å²) < 4.78 is 78.2. The van der Waals surface area contributed by atoms with Crippen molar-refractivity contribution >= 4 is 5.97 Å². The Morgan fingerprint density at radius 3 is 1.94 bits per heavy atom. The number of esters is 1. The normalized spacial score (nSPS) is 22.3. The summed E-state index contributed by atoms with van der Waals surface area (Å²) in [7, 11) is 0. The van der Waals surface area contributed by atoms with Crippen LogP contribution in [-0.2, 0) is 9.53 Å². The first-order valence-electron chi connectivity index (χ1n) is 4.63. The molecule has 0 radical (unpaired) electrons. The van der Waals surface area contributed by atoms with E-state index in [0.717, 1.165) is 0 Å². The molecule has 0 amide bonds. The molecule has 1 rings (SSSR count). The number of hydrogen-bond acceptors (Lipinski definition) is 3. The third kappa shape index (κ3) is 2.45. The van der Waals surface area contributed by atoms with Gasteiger partial charge in [0.25, 0.3) is 5.60 Å². The summed E-state index contributed by atoms with van der Waals surface area (Å²) in [5, 5.41) is 8.85. The van der Waals surface area contributed by atoms with Crippen LogP contribution < -0.4 is 0 Å². The Balaban J connectivity index is 2.95. The van der Waals surface area contributed by atoms with E-state index in [2.05, 4.69) is 11.3 Å². The van der Waals surface area contributed by atoms with Gasteiger partial charge in [-0.15, -0.1) is 0 Å². The molecule has 1 fully saturated rings. The second kappa shape index (κ2) is 4.15. The molecule has 1 aliphatic heterocycles. The van der Waals surface area contributed by atoms with Gasteiger partial charge in [-0.2, -0.15) is 26.3 Å². The Labute approximate surface area is 97.0 Å². The van der Waals surface area contributed by atoms with Gasteiger partial charge in [0.05, 0.1) is 0 Å². The molecule has 1 unspecified atom stereocenters. The average molecular weight is 278 g/mol. The second-order valence-electron chi connectivity index (χ2n) is 3.89. The average Bonchev–Trinajstić information content (AvgIpc) is 2.41. The van der Waals surface area contributed by atoms with Gasteiger partial charge in [0.2, 0.25) is 0 Å². The van der Waals surface area contributed by atoms with Crippen molar-refractivity contribution in [2.45, 2.75) is 36.9 Å². The highest BCUT2D eigenvalue weighted by atomic mass is 19.4. The zero-order valence-corrected chi connectivity index (χ0v) is 8.73. The molecule has 0 aromatic carbocycles. The van der Waals surface area contributed by atoms with Gasteiger partial charge in [0.1, 0.15) is 6.10 Å². The number of aliphatic hydroxyl groups is 1. The molecule has 1 aliphatic rings. The second-order valence-corrected chi connectivity index (χ2v) is 3.89. The Bertz CT molecular complexity index is 339. The number of carbonyl (C=O) groups is 1. The lowest BCUT2D eigenvalue weighted by molar-refractivity contribution is -0.373. The highest BCUT2D eigenvalue weighted by molar-refractivity contribution is 5.89. The van der Waals surface area contributed by atoms with Gasteiger partial charge in [0.15, 0.2) is 0 Å². The van der Waals surface area contributed by atoms with E-state index in [4.69, 9.17) is 5.11 Å². The lowest BCUT2D eigenvalue weighted by atomic mass is 9.93. The van der Waals surface area contributed by atoms with Crippen LogP contribution in [0.2, 0.25) is 0 Å². The van der Waals surface area contributed by atoms with Crippen LogP contribution in [-0.4, -0.2) is 35.1 Å². The van der Waals surface area contributed by atoms with Crippen molar-refractivity contribution in [3.8, 4) is 0 Å². The molecule has 0 saturated carbocycles. The fourth-order valence-corrected chi connectivity index (χ4v) is 1.47. The van der Waals surface area contributed by atoms with Crippen LogP contribution in [0, 0.1) is 0 Å². The molecule has 0 aromatic heterocycles. The van der Waals surface area contributed by atoms with Crippen LogP contribution >= 0.6 is 0 Å². The van der Waals surface area contributed by atoms with E-state index in [1.54, 1.807) is 0 Å². The molecule has 1 heterocycles. The molecule has 0 spiro atoms. The Kier molecular flexibility index (Phi) is 3.41. The minimum absolute atomic E-state index is 0.230. The van der Waals surface area contributed by atoms with Gasteiger partial charge in [0, 0.05) is 18.4 Å². The van der Waals surface area contributed by atoms with Crippen molar-refractivity contribution in [3.05, 3.63) is 12.2 Å². The van der Waals surface area contributed by atoms with E-state index in [-0.39, 0.29) is 5.57 Å². The zero-order valence-electron chi connectivity index (χ0n) is 8.73. The molecule has 104 valence electrons. The molecule has 18 heavy (non-hydrogen) atoms. The summed E-state index contributed by atoms with van der Waals surface area (Å²) in [5.74, 6) is -1.06. The maximum Gasteiger partial charge on any atom is 0.426 e. The molecule has 1 N–H and O–H groups in total. The number of cyclic esters (lactones) is 1. The van der Waals surface area contributed by atoms with Gasteiger partial charge in [-0.05, 0) is 0 Å². The van der Waals surface area contributed by atoms with Crippen molar-refractivity contribution in [2.24, 2.45) is 0 Å². The van der Waals surface area contributed by atoms with Crippen molar-refractivity contribution < 1.29 is 41.0 Å². The minimum atomic E-state index is -5.92. The summed E-state index contributed by atoms with van der Waals surface area (Å²) >= 11 is 0. The number of carbonyl (C=O) groups excluding carboxylic acids is 1. The Hall–Kier alpha value is -1.25. The number of alkyl halides is 6. The van der Waals surface area contributed by atoms with Crippen LogP contribution in [0.5, 0.6) is 0 Å². The van der Waals surface area contributed by atoms with E-state index < -0.39 is 42.9 Å². The molecule has 3 nitrogen and oxygen atoms in total. The Morgan fingerprint density at radius 1 is 1.22 bits per heavy atom. The maximum absolute atomic E-state index is 12.3. The van der Waals surface area contributed by atoms with Crippen molar-refractivity contribution in [1.82, 2.24) is 0 Å². The third-order valence-corrected chi connectivity index (χ3v) is 2.50. The fraction of sp³-hybridized carbons (Fsp3) is 0.667. The van der Waals surface area contributed by atoms with E-state index in [1.807, 2.05) is 0 Å². The largest absolute Gasteiger partial charge is 0.459 e. The van der Waals surface area contributed by atoms with Crippen LogP contribution in [0.4, 0.5) is 26.3 Å². The number of ether oxygens (including phenoxy) is 1. The summed E-state index contributed by atoms with van der Waals surface area (Å²) in [5.41, 5.74) is -5.14. The standard InChI is InChI=1S/C9H8F6O3/c1-4-2-5(18-6(4)16)3-7(17,8(10,11)12)9(13,14)15/h5,17H,1-3H2. The van der Waals surface area contributed by atoms with Crippen LogP contribution in [0.25, 0.3) is 0 Å². The molecule has 1 saturated heterocycles. The van der Waals surface area contributed by atoms with E-state index in [9.17, 15) is 31.1 Å². The Morgan fingerprint density at radius 2 is 1.67 bits per heavy atom. The van der Waals surface area contributed by atoms with Crippen molar-refractivity contribution in [1.29, 1.82) is 0 Å². The molecule has 1 atom stereocenters. The lowest BCUT2D eigenvalue weighted by Gasteiger charge is -2.33. The highest BCUT2D eigenvalue weighted by Gasteiger charge is 2.71. The maximum atomic E-state index is 12.3. The van der Waals surface area contributed by atoms with Crippen molar-refractivity contribution in [2.75, 3.05) is 0 Å². The van der Waals surface area contributed by atoms with E-state index in [1.165, 1.54) is 0 Å². The topological polar surface area (TPSA) is 46.5 Å². The van der Waals surface area contributed by atoms with Gasteiger partial charge >= 0.3 is 18.3 Å².